The van der Waals surface area contributed by atoms with Gasteiger partial charge in [0, 0.05) is 18.3 Å². The second kappa shape index (κ2) is 7.85. The summed E-state index contributed by atoms with van der Waals surface area (Å²) < 4.78 is 0. The molecular formula is C23H34N2O. The molecule has 3 rings (SSSR count). The summed E-state index contributed by atoms with van der Waals surface area (Å²) in [5.41, 5.74) is 2.28. The Bertz CT molecular complexity index is 633. The predicted molar refractivity (Wildman–Crippen MR) is 108 cm³/mol. The van der Waals surface area contributed by atoms with Crippen LogP contribution in [0.5, 0.6) is 0 Å². The van der Waals surface area contributed by atoms with E-state index in [-0.39, 0.29) is 11.5 Å². The van der Waals surface area contributed by atoms with Gasteiger partial charge in [0.25, 0.3) is 0 Å². The molecule has 142 valence electrons. The number of benzene rings is 1. The van der Waals surface area contributed by atoms with E-state index < -0.39 is 0 Å². The van der Waals surface area contributed by atoms with Gasteiger partial charge in [0.2, 0.25) is 5.91 Å². The van der Waals surface area contributed by atoms with Gasteiger partial charge in [-0.3, -0.25) is 4.79 Å². The molecule has 1 amide bonds. The summed E-state index contributed by atoms with van der Waals surface area (Å²) in [7, 11) is 0. The lowest BCUT2D eigenvalue weighted by Crippen LogP contribution is -2.46. The van der Waals surface area contributed by atoms with Crippen LogP contribution < -0.4 is 5.32 Å². The van der Waals surface area contributed by atoms with Crippen molar-refractivity contribution < 1.29 is 4.79 Å². The van der Waals surface area contributed by atoms with Crippen LogP contribution in [0.1, 0.15) is 58.4 Å². The van der Waals surface area contributed by atoms with Crippen LogP contribution in [-0.2, 0) is 11.2 Å². The Balaban J connectivity index is 1.63. The van der Waals surface area contributed by atoms with Crippen LogP contribution in [0.25, 0.3) is 0 Å². The van der Waals surface area contributed by atoms with E-state index in [0.29, 0.717) is 17.9 Å². The van der Waals surface area contributed by atoms with Gasteiger partial charge >= 0.3 is 0 Å². The zero-order valence-corrected chi connectivity index (χ0v) is 16.6. The van der Waals surface area contributed by atoms with E-state index in [2.05, 4.69) is 67.9 Å². The first-order chi connectivity index (χ1) is 12.5. The Morgan fingerprint density at radius 2 is 2.00 bits per heavy atom. The van der Waals surface area contributed by atoms with Gasteiger partial charge in [0.1, 0.15) is 0 Å². The lowest BCUT2D eigenvalue weighted by Gasteiger charge is -2.33. The molecule has 3 heteroatoms. The van der Waals surface area contributed by atoms with Gasteiger partial charge < -0.3 is 10.2 Å². The Labute approximate surface area is 158 Å². The maximum Gasteiger partial charge on any atom is 0.229 e. The molecule has 1 heterocycles. The Morgan fingerprint density at radius 1 is 1.31 bits per heavy atom. The number of nitrogens with zero attached hydrogens (tertiary/aromatic N) is 1. The Morgan fingerprint density at radius 3 is 2.58 bits per heavy atom. The summed E-state index contributed by atoms with van der Waals surface area (Å²) in [6.07, 6.45) is 6.27. The third kappa shape index (κ3) is 3.82. The minimum atomic E-state index is -0.0862. The van der Waals surface area contributed by atoms with Gasteiger partial charge in [-0.05, 0) is 50.0 Å². The minimum absolute atomic E-state index is 0.0862. The average Bonchev–Trinajstić information content (AvgIpc) is 3.31. The molecule has 0 bridgehead atoms. The molecule has 1 aliphatic carbocycles. The first kappa shape index (κ1) is 19.0. The molecule has 0 unspecified atom stereocenters. The highest BCUT2D eigenvalue weighted by Crippen LogP contribution is 2.54. The van der Waals surface area contributed by atoms with Crippen molar-refractivity contribution in [2.24, 2.45) is 11.3 Å². The van der Waals surface area contributed by atoms with Crippen LogP contribution in [0.4, 0.5) is 0 Å². The molecular weight excluding hydrogens is 320 g/mol. The molecule has 3 nitrogen and oxygen atoms in total. The van der Waals surface area contributed by atoms with Crippen molar-refractivity contribution in [3.63, 3.8) is 0 Å². The summed E-state index contributed by atoms with van der Waals surface area (Å²) in [4.78, 5) is 15.3. The van der Waals surface area contributed by atoms with E-state index in [1.807, 2.05) is 0 Å². The number of hydrogen-bond acceptors (Lipinski definition) is 2. The second-order valence-electron chi connectivity index (χ2n) is 8.43. The molecule has 0 radical (unpaired) electrons. The van der Waals surface area contributed by atoms with Crippen LogP contribution in [0.15, 0.2) is 42.6 Å². The van der Waals surface area contributed by atoms with Crippen molar-refractivity contribution in [1.29, 1.82) is 0 Å². The number of likely N-dealkylation sites (tertiary alicyclic amines) is 1. The average molecular weight is 355 g/mol. The summed E-state index contributed by atoms with van der Waals surface area (Å²) in [5, 5.41) is 3.65. The Hall–Kier alpha value is -1.77. The van der Waals surface area contributed by atoms with Crippen LogP contribution in [-0.4, -0.2) is 29.4 Å². The molecule has 2 fully saturated rings. The fraction of sp³-hybridized carbons (Fsp3) is 0.609. The molecule has 0 aromatic heterocycles. The summed E-state index contributed by atoms with van der Waals surface area (Å²) in [5.74, 6) is 0.799. The maximum absolute atomic E-state index is 13.2. The highest BCUT2D eigenvalue weighted by atomic mass is 16.2. The third-order valence-corrected chi connectivity index (χ3v) is 6.44. The van der Waals surface area contributed by atoms with E-state index in [4.69, 9.17) is 0 Å². The molecule has 2 aliphatic rings. The van der Waals surface area contributed by atoms with Crippen LogP contribution >= 0.6 is 0 Å². The highest BCUT2D eigenvalue weighted by molar-refractivity contribution is 5.86. The molecule has 1 aromatic rings. The van der Waals surface area contributed by atoms with Crippen molar-refractivity contribution in [2.45, 2.75) is 71.4 Å². The maximum atomic E-state index is 13.2. The van der Waals surface area contributed by atoms with E-state index >= 15 is 0 Å². The smallest absolute Gasteiger partial charge is 0.229 e. The van der Waals surface area contributed by atoms with Gasteiger partial charge in [0.15, 0.2) is 0 Å². The van der Waals surface area contributed by atoms with E-state index in [1.165, 1.54) is 5.56 Å². The van der Waals surface area contributed by atoms with Gasteiger partial charge in [0.05, 0.1) is 11.5 Å². The number of carbonyl (C=O) groups excluding carboxylic acids is 1. The summed E-state index contributed by atoms with van der Waals surface area (Å²) in [6.45, 7) is 11.8. The molecule has 1 aromatic carbocycles. The molecule has 2 atom stereocenters. The molecule has 0 spiro atoms. The zero-order valence-electron chi connectivity index (χ0n) is 16.6. The third-order valence-electron chi connectivity index (χ3n) is 6.44. The normalized spacial score (nSPS) is 22.3. The number of rotatable bonds is 8. The molecule has 1 aliphatic heterocycles. The second-order valence-corrected chi connectivity index (χ2v) is 8.43. The van der Waals surface area contributed by atoms with Gasteiger partial charge in [-0.1, -0.05) is 57.7 Å². The molecule has 26 heavy (non-hydrogen) atoms. The quantitative estimate of drug-likeness (QED) is 0.743. The van der Waals surface area contributed by atoms with Crippen molar-refractivity contribution in [3.05, 3.63) is 48.2 Å². The van der Waals surface area contributed by atoms with E-state index in [0.717, 1.165) is 50.8 Å². The van der Waals surface area contributed by atoms with Gasteiger partial charge in [-0.2, -0.15) is 0 Å². The first-order valence-electron chi connectivity index (χ1n) is 10.3. The largest absolute Gasteiger partial charge is 0.384 e. The first-order valence-corrected chi connectivity index (χ1v) is 10.3. The molecule has 1 saturated carbocycles. The summed E-state index contributed by atoms with van der Waals surface area (Å²) >= 11 is 0. The number of amides is 1. The van der Waals surface area contributed by atoms with Crippen molar-refractivity contribution in [1.82, 2.24) is 10.2 Å². The van der Waals surface area contributed by atoms with Crippen molar-refractivity contribution >= 4 is 5.91 Å². The monoisotopic (exact) mass is 354 g/mol. The minimum Gasteiger partial charge on any atom is -0.384 e. The molecule has 1 N–H and O–H groups in total. The predicted octanol–water partition coefficient (Wildman–Crippen LogP) is 4.54. The van der Waals surface area contributed by atoms with E-state index in [1.54, 1.807) is 0 Å². The number of hydrogen-bond donors (Lipinski definition) is 1. The lowest BCUT2D eigenvalue weighted by molar-refractivity contribution is -0.139. The lowest BCUT2D eigenvalue weighted by atomic mass is 9.90. The highest BCUT2D eigenvalue weighted by Gasteiger charge is 2.55. The standard InChI is InChI=1S/C23H34N2O/c1-5-20(16-19-10-7-6-8-11-19)24-18(4)21-12-9-15-25(21)22(26)23(13-14-23)17(2)3/h6-8,10-11,17,20-21,24H,4-5,9,12-16H2,1-3H3/t20-,21+/m1/s1. The fourth-order valence-corrected chi connectivity index (χ4v) is 4.39. The van der Waals surface area contributed by atoms with E-state index in [9.17, 15) is 4.79 Å². The van der Waals surface area contributed by atoms with Gasteiger partial charge in [-0.15, -0.1) is 0 Å². The summed E-state index contributed by atoms with van der Waals surface area (Å²) in [6, 6.07) is 11.1. The van der Waals surface area contributed by atoms with Gasteiger partial charge in [-0.25, -0.2) is 0 Å². The van der Waals surface area contributed by atoms with Crippen molar-refractivity contribution in [3.8, 4) is 0 Å². The van der Waals surface area contributed by atoms with Crippen molar-refractivity contribution in [2.75, 3.05) is 6.54 Å². The van der Waals surface area contributed by atoms with Crippen LogP contribution in [0.2, 0.25) is 0 Å². The Kier molecular flexibility index (Phi) is 5.74. The van der Waals surface area contributed by atoms with Crippen LogP contribution in [0.3, 0.4) is 0 Å². The topological polar surface area (TPSA) is 32.3 Å². The number of nitrogens with one attached hydrogen (secondary N) is 1. The van der Waals surface area contributed by atoms with Crippen LogP contribution in [0, 0.1) is 11.3 Å². The number of carbonyl (C=O) groups is 1. The molecule has 1 saturated heterocycles. The zero-order chi connectivity index (χ0) is 18.7. The fourth-order valence-electron chi connectivity index (χ4n) is 4.39. The SMILES string of the molecule is C=C(N[C@H](CC)Cc1ccccc1)[C@@H]1CCCN1C(=O)C1(C(C)C)CC1.